The van der Waals surface area contributed by atoms with E-state index in [4.69, 9.17) is 33.3 Å². The van der Waals surface area contributed by atoms with E-state index in [0.29, 0.717) is 29.5 Å². The monoisotopic (exact) mass is 483 g/mol. The summed E-state index contributed by atoms with van der Waals surface area (Å²) in [6.07, 6.45) is 0. The number of methoxy groups -OCH3 is 1. The van der Waals surface area contributed by atoms with Crippen LogP contribution in [0.2, 0.25) is 5.02 Å². The Hall–Kier alpha value is -1.87. The number of benzene rings is 2. The van der Waals surface area contributed by atoms with Crippen molar-refractivity contribution in [3.63, 3.8) is 0 Å². The summed E-state index contributed by atoms with van der Waals surface area (Å²) < 4.78 is 11.4. The van der Waals surface area contributed by atoms with Crippen LogP contribution in [0, 0.1) is 0 Å². The molecule has 0 aromatic heterocycles. The first kappa shape index (κ1) is 20.9. The quantitative estimate of drug-likeness (QED) is 0.638. The summed E-state index contributed by atoms with van der Waals surface area (Å²) >= 11 is 14.9. The average Bonchev–Trinajstić information content (AvgIpc) is 2.68. The molecule has 1 heterocycles. The molecule has 0 unspecified atom stereocenters. The van der Waals surface area contributed by atoms with E-state index in [1.165, 1.54) is 7.11 Å². The van der Waals surface area contributed by atoms with Crippen molar-refractivity contribution in [1.82, 2.24) is 5.32 Å². The van der Waals surface area contributed by atoms with Gasteiger partial charge in [0.15, 0.2) is 5.11 Å². The fraction of sp³-hybridized carbons (Fsp3) is 0.263. The molecule has 1 aliphatic heterocycles. The van der Waals surface area contributed by atoms with Crippen molar-refractivity contribution >= 4 is 62.1 Å². The number of nitrogens with one attached hydrogen (secondary N) is 2. The molecule has 2 aromatic rings. The lowest BCUT2D eigenvalue weighted by atomic mass is 10.2. The Balaban J connectivity index is 1.75. The fourth-order valence-electron chi connectivity index (χ4n) is 2.87. The van der Waals surface area contributed by atoms with Crippen LogP contribution in [-0.4, -0.2) is 44.4 Å². The van der Waals surface area contributed by atoms with E-state index in [0.717, 1.165) is 28.9 Å². The highest BCUT2D eigenvalue weighted by atomic mass is 79.9. The van der Waals surface area contributed by atoms with Gasteiger partial charge in [-0.25, -0.2) is 0 Å². The molecule has 0 atom stereocenters. The van der Waals surface area contributed by atoms with Gasteiger partial charge in [0.05, 0.1) is 37.3 Å². The van der Waals surface area contributed by atoms with Crippen LogP contribution in [0.15, 0.2) is 40.9 Å². The number of halogens is 2. The van der Waals surface area contributed by atoms with Crippen molar-refractivity contribution in [3.05, 3.63) is 51.5 Å². The summed E-state index contributed by atoms with van der Waals surface area (Å²) in [7, 11) is 1.51. The standard InChI is InChI=1S/C19H19BrClN3O3S/c1-26-17-5-2-12(20)10-14(17)18(25)23-19(28)22-15-11-13(21)3-4-16(15)24-6-8-27-9-7-24/h2-5,10-11H,6-9H2,1H3,(H2,22,23,25,28). The predicted molar refractivity (Wildman–Crippen MR) is 119 cm³/mol. The molecular weight excluding hydrogens is 466 g/mol. The van der Waals surface area contributed by atoms with Crippen LogP contribution in [0.25, 0.3) is 0 Å². The zero-order valence-corrected chi connectivity index (χ0v) is 18.3. The SMILES string of the molecule is COc1ccc(Br)cc1C(=O)NC(=S)Nc1cc(Cl)ccc1N1CCOCC1. The number of amides is 1. The summed E-state index contributed by atoms with van der Waals surface area (Å²) in [6, 6.07) is 10.7. The first-order valence-electron chi connectivity index (χ1n) is 8.56. The van der Waals surface area contributed by atoms with Gasteiger partial charge in [-0.05, 0) is 48.6 Å². The van der Waals surface area contributed by atoms with Crippen LogP contribution in [0.1, 0.15) is 10.4 Å². The van der Waals surface area contributed by atoms with Crippen molar-refractivity contribution in [2.24, 2.45) is 0 Å². The topological polar surface area (TPSA) is 62.8 Å². The second kappa shape index (κ2) is 9.56. The van der Waals surface area contributed by atoms with E-state index in [2.05, 4.69) is 31.5 Å². The number of hydrogen-bond donors (Lipinski definition) is 2. The van der Waals surface area contributed by atoms with Gasteiger partial charge < -0.3 is 19.7 Å². The lowest BCUT2D eigenvalue weighted by Crippen LogP contribution is -2.38. The third-order valence-electron chi connectivity index (χ3n) is 4.19. The molecule has 148 valence electrons. The highest BCUT2D eigenvalue weighted by Gasteiger charge is 2.18. The number of morpholine rings is 1. The Morgan fingerprint density at radius 2 is 2.00 bits per heavy atom. The highest BCUT2D eigenvalue weighted by molar-refractivity contribution is 9.10. The van der Waals surface area contributed by atoms with Gasteiger partial charge in [0, 0.05) is 22.6 Å². The van der Waals surface area contributed by atoms with Crippen LogP contribution in [-0.2, 0) is 4.74 Å². The number of hydrogen-bond acceptors (Lipinski definition) is 5. The Bertz CT molecular complexity index is 891. The molecule has 6 nitrogen and oxygen atoms in total. The maximum atomic E-state index is 12.6. The van der Waals surface area contributed by atoms with Crippen molar-refractivity contribution in [3.8, 4) is 5.75 Å². The summed E-state index contributed by atoms with van der Waals surface area (Å²) in [5.74, 6) is 0.0888. The van der Waals surface area contributed by atoms with Gasteiger partial charge in [-0.2, -0.15) is 0 Å². The third-order valence-corrected chi connectivity index (χ3v) is 5.12. The smallest absolute Gasteiger partial charge is 0.261 e. The van der Waals surface area contributed by atoms with E-state index < -0.39 is 0 Å². The maximum Gasteiger partial charge on any atom is 0.261 e. The molecule has 3 rings (SSSR count). The molecule has 1 saturated heterocycles. The second-order valence-electron chi connectivity index (χ2n) is 6.01. The first-order valence-corrected chi connectivity index (χ1v) is 10.1. The predicted octanol–water partition coefficient (Wildman–Crippen LogP) is 4.07. The van der Waals surface area contributed by atoms with E-state index in [1.54, 1.807) is 24.3 Å². The molecule has 0 spiro atoms. The van der Waals surface area contributed by atoms with Gasteiger partial charge in [0.1, 0.15) is 5.75 Å². The van der Waals surface area contributed by atoms with Crippen molar-refractivity contribution in [1.29, 1.82) is 0 Å². The average molecular weight is 485 g/mol. The zero-order chi connectivity index (χ0) is 20.1. The number of carbonyl (C=O) groups excluding carboxylic acids is 1. The van der Waals surface area contributed by atoms with E-state index in [9.17, 15) is 4.79 Å². The molecule has 1 aliphatic rings. The van der Waals surface area contributed by atoms with Gasteiger partial charge in [-0.1, -0.05) is 27.5 Å². The van der Waals surface area contributed by atoms with Gasteiger partial charge in [-0.3, -0.25) is 10.1 Å². The van der Waals surface area contributed by atoms with Crippen molar-refractivity contribution in [2.45, 2.75) is 0 Å². The number of carbonyl (C=O) groups is 1. The zero-order valence-electron chi connectivity index (χ0n) is 15.1. The lowest BCUT2D eigenvalue weighted by Gasteiger charge is -2.30. The first-order chi connectivity index (χ1) is 13.5. The van der Waals surface area contributed by atoms with Gasteiger partial charge in [-0.15, -0.1) is 0 Å². The van der Waals surface area contributed by atoms with Gasteiger partial charge in [0.2, 0.25) is 0 Å². The normalized spacial score (nSPS) is 13.8. The van der Waals surface area contributed by atoms with E-state index >= 15 is 0 Å². The molecule has 1 fully saturated rings. The Morgan fingerprint density at radius 3 is 2.71 bits per heavy atom. The minimum atomic E-state index is -0.370. The minimum absolute atomic E-state index is 0.170. The second-order valence-corrected chi connectivity index (χ2v) is 7.77. The van der Waals surface area contributed by atoms with E-state index in [1.807, 2.05) is 12.1 Å². The van der Waals surface area contributed by atoms with Gasteiger partial charge >= 0.3 is 0 Å². The fourth-order valence-corrected chi connectivity index (χ4v) is 3.61. The lowest BCUT2D eigenvalue weighted by molar-refractivity contribution is 0.0974. The summed E-state index contributed by atoms with van der Waals surface area (Å²) in [4.78, 5) is 14.8. The van der Waals surface area contributed by atoms with Gasteiger partial charge in [0.25, 0.3) is 5.91 Å². The van der Waals surface area contributed by atoms with Crippen LogP contribution in [0.3, 0.4) is 0 Å². The maximum absolute atomic E-state index is 12.6. The summed E-state index contributed by atoms with van der Waals surface area (Å²) in [5, 5.41) is 6.51. The van der Waals surface area contributed by atoms with Crippen molar-refractivity contribution in [2.75, 3.05) is 43.6 Å². The van der Waals surface area contributed by atoms with Crippen molar-refractivity contribution < 1.29 is 14.3 Å². The van der Waals surface area contributed by atoms with Crippen LogP contribution in [0.4, 0.5) is 11.4 Å². The van der Waals surface area contributed by atoms with E-state index in [-0.39, 0.29) is 11.0 Å². The summed E-state index contributed by atoms with van der Waals surface area (Å²) in [5.41, 5.74) is 2.05. The third kappa shape index (κ3) is 5.14. The largest absolute Gasteiger partial charge is 0.496 e. The molecule has 28 heavy (non-hydrogen) atoms. The number of anilines is 2. The molecule has 2 aromatic carbocycles. The number of ether oxygens (including phenoxy) is 2. The van der Waals surface area contributed by atoms with Crippen LogP contribution in [0.5, 0.6) is 5.75 Å². The molecule has 0 aliphatic carbocycles. The molecule has 1 amide bonds. The Labute approximate surface area is 182 Å². The molecule has 0 radical (unpaired) electrons. The molecular formula is C19H19BrClN3O3S. The molecule has 0 bridgehead atoms. The van der Waals surface area contributed by atoms with Crippen LogP contribution < -0.4 is 20.3 Å². The minimum Gasteiger partial charge on any atom is -0.496 e. The Kier molecular flexibility index (Phi) is 7.12. The summed E-state index contributed by atoms with van der Waals surface area (Å²) in [6.45, 7) is 2.85. The number of thiocarbonyl (C=S) groups is 1. The number of nitrogens with zero attached hydrogens (tertiary/aromatic N) is 1. The Morgan fingerprint density at radius 1 is 1.25 bits per heavy atom. The molecule has 9 heteroatoms. The molecule has 0 saturated carbocycles. The molecule has 2 N–H and O–H groups in total. The van der Waals surface area contributed by atoms with Crippen LogP contribution >= 0.6 is 39.7 Å². The highest BCUT2D eigenvalue weighted by Crippen LogP contribution is 2.30. The number of rotatable bonds is 4.